The van der Waals surface area contributed by atoms with E-state index in [1.807, 2.05) is 32.3 Å². The van der Waals surface area contributed by atoms with Gasteiger partial charge in [0, 0.05) is 19.0 Å². The van der Waals surface area contributed by atoms with Crippen molar-refractivity contribution in [2.75, 3.05) is 27.2 Å². The van der Waals surface area contributed by atoms with Crippen molar-refractivity contribution < 1.29 is 9.90 Å². The first kappa shape index (κ1) is 16.0. The zero-order chi connectivity index (χ0) is 15.3. The van der Waals surface area contributed by atoms with Crippen LogP contribution in [0.2, 0.25) is 0 Å². The molecule has 116 valence electrons. The van der Waals surface area contributed by atoms with Gasteiger partial charge in [0.15, 0.2) is 0 Å². The maximum Gasteiger partial charge on any atom is 0.324 e. The molecule has 0 aromatic heterocycles. The summed E-state index contributed by atoms with van der Waals surface area (Å²) in [5.74, 6) is -0.665. The Hall–Kier alpha value is -1.39. The molecule has 0 radical (unpaired) electrons. The fourth-order valence-electron chi connectivity index (χ4n) is 3.36. The Bertz CT molecular complexity index is 461. The summed E-state index contributed by atoms with van der Waals surface area (Å²) in [5, 5.41) is 13.3. The summed E-state index contributed by atoms with van der Waals surface area (Å²) in [4.78, 5) is 14.1. The van der Waals surface area contributed by atoms with Crippen LogP contribution in [0.1, 0.15) is 37.2 Å². The number of nitrogens with one attached hydrogen (secondary N) is 1. The highest BCUT2D eigenvalue weighted by molar-refractivity contribution is 5.80. The second-order valence-electron chi connectivity index (χ2n) is 6.22. The van der Waals surface area contributed by atoms with E-state index in [1.165, 1.54) is 0 Å². The predicted octanol–water partition coefficient (Wildman–Crippen LogP) is 2.32. The molecule has 0 spiro atoms. The first-order valence-electron chi connectivity index (χ1n) is 7.74. The largest absolute Gasteiger partial charge is 0.480 e. The van der Waals surface area contributed by atoms with E-state index in [0.717, 1.165) is 31.4 Å². The lowest BCUT2D eigenvalue weighted by molar-refractivity contribution is -0.147. The highest BCUT2D eigenvalue weighted by atomic mass is 16.4. The highest BCUT2D eigenvalue weighted by Crippen LogP contribution is 2.41. The number of benzene rings is 1. The Morgan fingerprint density at radius 2 is 2.05 bits per heavy atom. The van der Waals surface area contributed by atoms with Gasteiger partial charge < -0.3 is 15.3 Å². The SMILES string of the molecule is CN(C)CCNC1(C(=O)O)CCCCC1c1ccccc1. The topological polar surface area (TPSA) is 52.6 Å². The summed E-state index contributed by atoms with van der Waals surface area (Å²) in [6.45, 7) is 1.54. The number of nitrogens with zero attached hydrogens (tertiary/aromatic N) is 1. The number of hydrogen-bond acceptors (Lipinski definition) is 3. The third kappa shape index (κ3) is 3.63. The number of aliphatic carboxylic acids is 1. The lowest BCUT2D eigenvalue weighted by Gasteiger charge is -2.42. The summed E-state index contributed by atoms with van der Waals surface area (Å²) < 4.78 is 0. The Kier molecular flexibility index (Phi) is 5.37. The second-order valence-corrected chi connectivity index (χ2v) is 6.22. The molecule has 4 heteroatoms. The number of hydrogen-bond donors (Lipinski definition) is 2. The fraction of sp³-hybridized carbons (Fsp3) is 0.588. The summed E-state index contributed by atoms with van der Waals surface area (Å²) in [5.41, 5.74) is 0.312. The van der Waals surface area contributed by atoms with Gasteiger partial charge in [-0.25, -0.2) is 0 Å². The van der Waals surface area contributed by atoms with Gasteiger partial charge in [0.1, 0.15) is 5.54 Å². The van der Waals surface area contributed by atoms with Crippen LogP contribution in [0.4, 0.5) is 0 Å². The van der Waals surface area contributed by atoms with Crippen molar-refractivity contribution in [2.45, 2.75) is 37.1 Å². The van der Waals surface area contributed by atoms with Crippen LogP contribution in [0.3, 0.4) is 0 Å². The number of carboxylic acids is 1. The molecule has 0 bridgehead atoms. The zero-order valence-corrected chi connectivity index (χ0v) is 13.0. The maximum absolute atomic E-state index is 12.1. The molecule has 1 aromatic carbocycles. The van der Waals surface area contributed by atoms with E-state index in [1.54, 1.807) is 0 Å². The van der Waals surface area contributed by atoms with E-state index in [-0.39, 0.29) is 5.92 Å². The fourth-order valence-corrected chi connectivity index (χ4v) is 3.36. The average molecular weight is 290 g/mol. The van der Waals surface area contributed by atoms with Crippen LogP contribution in [0.25, 0.3) is 0 Å². The van der Waals surface area contributed by atoms with Crippen LogP contribution in [-0.2, 0) is 4.79 Å². The number of likely N-dealkylation sites (N-methyl/N-ethyl adjacent to an activating group) is 1. The summed E-state index contributed by atoms with van der Waals surface area (Å²) >= 11 is 0. The molecule has 0 aliphatic heterocycles. The molecular weight excluding hydrogens is 264 g/mol. The molecule has 2 rings (SSSR count). The van der Waals surface area contributed by atoms with E-state index in [4.69, 9.17) is 0 Å². The zero-order valence-electron chi connectivity index (χ0n) is 13.0. The Morgan fingerprint density at radius 1 is 1.33 bits per heavy atom. The van der Waals surface area contributed by atoms with Crippen molar-refractivity contribution in [1.82, 2.24) is 10.2 Å². The third-order valence-electron chi connectivity index (χ3n) is 4.49. The molecule has 0 heterocycles. The average Bonchev–Trinajstić information content (AvgIpc) is 2.48. The minimum absolute atomic E-state index is 0.0483. The Labute approximate surface area is 127 Å². The van der Waals surface area contributed by atoms with Crippen LogP contribution >= 0.6 is 0 Å². The monoisotopic (exact) mass is 290 g/mol. The van der Waals surface area contributed by atoms with Crippen molar-refractivity contribution in [3.63, 3.8) is 0 Å². The van der Waals surface area contributed by atoms with Gasteiger partial charge in [-0.05, 0) is 32.5 Å². The minimum Gasteiger partial charge on any atom is -0.480 e. The molecule has 2 atom stereocenters. The van der Waals surface area contributed by atoms with E-state index >= 15 is 0 Å². The number of carbonyl (C=O) groups is 1. The molecule has 1 fully saturated rings. The molecule has 0 amide bonds. The third-order valence-corrected chi connectivity index (χ3v) is 4.49. The van der Waals surface area contributed by atoms with Gasteiger partial charge in [-0.2, -0.15) is 0 Å². The van der Waals surface area contributed by atoms with Crippen LogP contribution in [0.15, 0.2) is 30.3 Å². The summed E-state index contributed by atoms with van der Waals surface area (Å²) in [6.07, 6.45) is 3.72. The van der Waals surface area contributed by atoms with Gasteiger partial charge in [-0.3, -0.25) is 4.79 Å². The standard InChI is InChI=1S/C17H26N2O2/c1-19(2)13-12-18-17(16(20)21)11-7-6-10-15(17)14-8-4-3-5-9-14/h3-5,8-9,15,18H,6-7,10-13H2,1-2H3,(H,20,21). The van der Waals surface area contributed by atoms with Gasteiger partial charge in [0.05, 0.1) is 0 Å². The number of rotatable bonds is 6. The van der Waals surface area contributed by atoms with Crippen molar-refractivity contribution >= 4 is 5.97 Å². The van der Waals surface area contributed by atoms with Gasteiger partial charge in [0.25, 0.3) is 0 Å². The molecule has 1 saturated carbocycles. The van der Waals surface area contributed by atoms with Crippen LogP contribution < -0.4 is 5.32 Å². The van der Waals surface area contributed by atoms with Gasteiger partial charge >= 0.3 is 5.97 Å². The van der Waals surface area contributed by atoms with Crippen LogP contribution in [-0.4, -0.2) is 48.7 Å². The van der Waals surface area contributed by atoms with Crippen molar-refractivity contribution in [3.05, 3.63) is 35.9 Å². The van der Waals surface area contributed by atoms with Crippen molar-refractivity contribution in [1.29, 1.82) is 0 Å². The summed E-state index contributed by atoms with van der Waals surface area (Å²) in [7, 11) is 4.01. The quantitative estimate of drug-likeness (QED) is 0.844. The van der Waals surface area contributed by atoms with Gasteiger partial charge in [0.2, 0.25) is 0 Å². The molecule has 1 aromatic rings. The first-order chi connectivity index (χ1) is 10.1. The Morgan fingerprint density at radius 3 is 2.67 bits per heavy atom. The van der Waals surface area contributed by atoms with E-state index in [9.17, 15) is 9.90 Å². The van der Waals surface area contributed by atoms with Crippen LogP contribution in [0.5, 0.6) is 0 Å². The molecule has 2 N–H and O–H groups in total. The van der Waals surface area contributed by atoms with E-state index in [2.05, 4.69) is 22.3 Å². The lowest BCUT2D eigenvalue weighted by atomic mass is 9.69. The number of carboxylic acid groups (broad SMARTS) is 1. The van der Waals surface area contributed by atoms with Crippen LogP contribution in [0, 0.1) is 0 Å². The maximum atomic E-state index is 12.1. The summed E-state index contributed by atoms with van der Waals surface area (Å²) in [6, 6.07) is 10.1. The van der Waals surface area contributed by atoms with E-state index in [0.29, 0.717) is 13.0 Å². The predicted molar refractivity (Wildman–Crippen MR) is 84.6 cm³/mol. The molecule has 1 aliphatic carbocycles. The van der Waals surface area contributed by atoms with E-state index < -0.39 is 11.5 Å². The minimum atomic E-state index is -0.824. The normalized spacial score (nSPS) is 26.0. The van der Waals surface area contributed by atoms with Gasteiger partial charge in [-0.15, -0.1) is 0 Å². The molecule has 21 heavy (non-hydrogen) atoms. The van der Waals surface area contributed by atoms with Crippen molar-refractivity contribution in [2.24, 2.45) is 0 Å². The smallest absolute Gasteiger partial charge is 0.324 e. The first-order valence-corrected chi connectivity index (χ1v) is 7.74. The molecule has 0 saturated heterocycles. The molecule has 4 nitrogen and oxygen atoms in total. The highest BCUT2D eigenvalue weighted by Gasteiger charge is 2.47. The van der Waals surface area contributed by atoms with Crippen molar-refractivity contribution in [3.8, 4) is 0 Å². The molecular formula is C17H26N2O2. The van der Waals surface area contributed by atoms with Gasteiger partial charge in [-0.1, -0.05) is 43.2 Å². The molecule has 2 unspecified atom stereocenters. The second kappa shape index (κ2) is 7.05. The lowest BCUT2D eigenvalue weighted by Crippen LogP contribution is -2.58. The Balaban J connectivity index is 2.24. The molecule has 1 aliphatic rings.